The first-order chi connectivity index (χ1) is 9.66. The summed E-state index contributed by atoms with van der Waals surface area (Å²) >= 11 is 0. The fourth-order valence-corrected chi connectivity index (χ4v) is 3.36. The highest BCUT2D eigenvalue weighted by atomic mass is 32.2. The zero-order valence-electron chi connectivity index (χ0n) is 12.8. The number of carbonyl (C=O) groups is 2. The third-order valence-corrected chi connectivity index (χ3v) is 5.29. The Morgan fingerprint density at radius 2 is 1.86 bits per heavy atom. The van der Waals surface area contributed by atoms with Crippen molar-refractivity contribution in [1.82, 2.24) is 9.21 Å². The largest absolute Gasteiger partial charge is 0.480 e. The van der Waals surface area contributed by atoms with Gasteiger partial charge in [-0.2, -0.15) is 0 Å². The average molecular weight is 320 g/mol. The van der Waals surface area contributed by atoms with Crippen molar-refractivity contribution in [2.24, 2.45) is 5.92 Å². The van der Waals surface area contributed by atoms with Gasteiger partial charge in [0, 0.05) is 25.0 Å². The number of piperidine rings is 1. The topological polar surface area (TPSA) is 95.0 Å². The van der Waals surface area contributed by atoms with Crippen LogP contribution in [0, 0.1) is 5.92 Å². The summed E-state index contributed by atoms with van der Waals surface area (Å²) in [6, 6.07) is -0.137. The molecule has 0 aromatic carbocycles. The van der Waals surface area contributed by atoms with Crippen LogP contribution >= 0.6 is 0 Å². The lowest BCUT2D eigenvalue weighted by Crippen LogP contribution is -2.48. The van der Waals surface area contributed by atoms with Crippen LogP contribution in [0.4, 0.5) is 0 Å². The molecule has 122 valence electrons. The van der Waals surface area contributed by atoms with Crippen LogP contribution in [0.1, 0.15) is 33.1 Å². The second kappa shape index (κ2) is 7.22. The van der Waals surface area contributed by atoms with Crippen LogP contribution in [0.25, 0.3) is 0 Å². The third kappa shape index (κ3) is 4.96. The highest BCUT2D eigenvalue weighted by Crippen LogP contribution is 2.22. The van der Waals surface area contributed by atoms with Crippen LogP contribution in [-0.2, 0) is 19.6 Å². The molecule has 0 aromatic rings. The number of carbonyl (C=O) groups excluding carboxylic acids is 1. The summed E-state index contributed by atoms with van der Waals surface area (Å²) in [5, 5.41) is 8.94. The van der Waals surface area contributed by atoms with Gasteiger partial charge in [-0.25, -0.2) is 12.7 Å². The molecule has 1 amide bonds. The second-order valence-corrected chi connectivity index (χ2v) is 7.54. The first-order valence-electron chi connectivity index (χ1n) is 7.14. The first-order valence-corrected chi connectivity index (χ1v) is 8.99. The van der Waals surface area contributed by atoms with Gasteiger partial charge >= 0.3 is 5.97 Å². The maximum Gasteiger partial charge on any atom is 0.323 e. The number of carboxylic acids is 1. The smallest absolute Gasteiger partial charge is 0.323 e. The van der Waals surface area contributed by atoms with Gasteiger partial charge in [-0.15, -0.1) is 0 Å². The van der Waals surface area contributed by atoms with Crippen LogP contribution in [-0.4, -0.2) is 66.5 Å². The lowest BCUT2D eigenvalue weighted by Gasteiger charge is -2.34. The molecule has 1 aliphatic rings. The van der Waals surface area contributed by atoms with Crippen molar-refractivity contribution < 1.29 is 23.1 Å². The lowest BCUT2D eigenvalue weighted by molar-refractivity contribution is -0.148. The fraction of sp³-hybridized carbons (Fsp3) is 0.846. The molecule has 1 aliphatic heterocycles. The van der Waals surface area contributed by atoms with Crippen molar-refractivity contribution in [3.63, 3.8) is 0 Å². The molecule has 7 nitrogen and oxygen atoms in total. The molecule has 21 heavy (non-hydrogen) atoms. The Labute approximate surface area is 126 Å². The number of sulfonamides is 1. The zero-order chi connectivity index (χ0) is 16.2. The molecular formula is C13H24N2O5S. The molecule has 0 radical (unpaired) electrons. The van der Waals surface area contributed by atoms with Gasteiger partial charge in [0.1, 0.15) is 6.54 Å². The van der Waals surface area contributed by atoms with Gasteiger partial charge < -0.3 is 10.0 Å². The quantitative estimate of drug-likeness (QED) is 0.763. The minimum atomic E-state index is -3.22. The Balaban J connectivity index is 2.71. The van der Waals surface area contributed by atoms with Crippen molar-refractivity contribution >= 4 is 21.9 Å². The van der Waals surface area contributed by atoms with E-state index in [1.807, 2.05) is 13.8 Å². The molecule has 1 heterocycles. The number of nitrogens with zero attached hydrogens (tertiary/aromatic N) is 2. The minimum absolute atomic E-state index is 0.137. The molecule has 0 aliphatic carbocycles. The molecule has 1 fully saturated rings. The van der Waals surface area contributed by atoms with Gasteiger partial charge in [-0.3, -0.25) is 9.59 Å². The van der Waals surface area contributed by atoms with E-state index in [9.17, 15) is 18.0 Å². The standard InChI is InChI=1S/C13H24N2O5S/c1-4-10(2)15(9-12(16)17)13(18)11-5-7-14(8-6-11)21(3,19)20/h10-11H,4-9H2,1-3H3,(H,16,17). The number of hydrogen-bond acceptors (Lipinski definition) is 4. The van der Waals surface area contributed by atoms with Crippen LogP contribution in [0.2, 0.25) is 0 Å². The highest BCUT2D eigenvalue weighted by molar-refractivity contribution is 7.88. The highest BCUT2D eigenvalue weighted by Gasteiger charge is 2.33. The van der Waals surface area contributed by atoms with Gasteiger partial charge in [0.15, 0.2) is 0 Å². The number of carboxylic acid groups (broad SMARTS) is 1. The first kappa shape index (κ1) is 17.9. The number of rotatable bonds is 6. The van der Waals surface area contributed by atoms with Gasteiger partial charge in [0.05, 0.1) is 6.26 Å². The molecular weight excluding hydrogens is 296 g/mol. The Morgan fingerprint density at radius 3 is 2.24 bits per heavy atom. The summed E-state index contributed by atoms with van der Waals surface area (Å²) in [6.45, 7) is 4.05. The van der Waals surface area contributed by atoms with Crippen molar-refractivity contribution in [3.8, 4) is 0 Å². The summed E-state index contributed by atoms with van der Waals surface area (Å²) < 4.78 is 24.3. The Morgan fingerprint density at radius 1 is 1.33 bits per heavy atom. The van der Waals surface area contributed by atoms with Gasteiger partial charge in [-0.05, 0) is 26.2 Å². The van der Waals surface area contributed by atoms with Crippen LogP contribution in [0.5, 0.6) is 0 Å². The predicted molar refractivity (Wildman–Crippen MR) is 78.2 cm³/mol. The number of aliphatic carboxylic acids is 1. The average Bonchev–Trinajstić information content (AvgIpc) is 2.42. The zero-order valence-corrected chi connectivity index (χ0v) is 13.6. The predicted octanol–water partition coefficient (Wildman–Crippen LogP) is 0.370. The maximum atomic E-state index is 12.5. The molecule has 1 unspecified atom stereocenters. The summed E-state index contributed by atoms with van der Waals surface area (Å²) in [7, 11) is -3.22. The van der Waals surface area contributed by atoms with Crippen molar-refractivity contribution in [2.45, 2.75) is 39.2 Å². The third-order valence-electron chi connectivity index (χ3n) is 3.98. The van der Waals surface area contributed by atoms with Gasteiger partial charge in [-0.1, -0.05) is 6.92 Å². The van der Waals surface area contributed by atoms with Crippen molar-refractivity contribution in [1.29, 1.82) is 0 Å². The summed E-state index contributed by atoms with van der Waals surface area (Å²) in [5.41, 5.74) is 0. The summed E-state index contributed by atoms with van der Waals surface area (Å²) in [6.07, 6.45) is 2.73. The van der Waals surface area contributed by atoms with E-state index in [0.29, 0.717) is 32.4 Å². The fourth-order valence-electron chi connectivity index (χ4n) is 2.49. The molecule has 1 N–H and O–H groups in total. The Bertz CT molecular complexity index is 483. The summed E-state index contributed by atoms with van der Waals surface area (Å²) in [5.74, 6) is -1.51. The number of amides is 1. The van der Waals surface area contributed by atoms with E-state index < -0.39 is 16.0 Å². The monoisotopic (exact) mass is 320 g/mol. The van der Waals surface area contributed by atoms with Crippen LogP contribution in [0.15, 0.2) is 0 Å². The number of hydrogen-bond donors (Lipinski definition) is 1. The molecule has 8 heteroatoms. The van der Waals surface area contributed by atoms with E-state index in [2.05, 4.69) is 0 Å². The molecule has 0 saturated carbocycles. The molecule has 1 saturated heterocycles. The molecule has 0 spiro atoms. The molecule has 0 aromatic heterocycles. The van der Waals surface area contributed by atoms with E-state index in [0.717, 1.165) is 6.26 Å². The Hall–Kier alpha value is -1.15. The minimum Gasteiger partial charge on any atom is -0.480 e. The summed E-state index contributed by atoms with van der Waals surface area (Å²) in [4.78, 5) is 24.8. The molecule has 1 rings (SSSR count). The van der Waals surface area contributed by atoms with E-state index in [1.54, 1.807) is 0 Å². The van der Waals surface area contributed by atoms with Crippen LogP contribution in [0.3, 0.4) is 0 Å². The maximum absolute atomic E-state index is 12.5. The normalized spacial score (nSPS) is 19.2. The van der Waals surface area contributed by atoms with Gasteiger partial charge in [0.25, 0.3) is 0 Å². The molecule has 0 bridgehead atoms. The van der Waals surface area contributed by atoms with Crippen LogP contribution < -0.4 is 0 Å². The SMILES string of the molecule is CCC(C)N(CC(=O)O)C(=O)C1CCN(S(C)(=O)=O)CC1. The van der Waals surface area contributed by atoms with E-state index in [4.69, 9.17) is 5.11 Å². The van der Waals surface area contributed by atoms with E-state index in [-0.39, 0.29) is 24.4 Å². The van der Waals surface area contributed by atoms with Gasteiger partial charge in [0.2, 0.25) is 15.9 Å². The van der Waals surface area contributed by atoms with E-state index in [1.165, 1.54) is 9.21 Å². The van der Waals surface area contributed by atoms with Crippen molar-refractivity contribution in [3.05, 3.63) is 0 Å². The second-order valence-electron chi connectivity index (χ2n) is 5.55. The molecule has 1 atom stereocenters. The van der Waals surface area contributed by atoms with E-state index >= 15 is 0 Å². The lowest BCUT2D eigenvalue weighted by atomic mass is 9.95. The van der Waals surface area contributed by atoms with Crippen molar-refractivity contribution in [2.75, 3.05) is 25.9 Å². The Kier molecular flexibility index (Phi) is 6.15.